The summed E-state index contributed by atoms with van der Waals surface area (Å²) in [6.45, 7) is 4.29. The highest BCUT2D eigenvalue weighted by Gasteiger charge is 2.27. The maximum atomic E-state index is 13.1. The molecule has 4 nitrogen and oxygen atoms in total. The Morgan fingerprint density at radius 1 is 0.786 bits per heavy atom. The van der Waals surface area contributed by atoms with E-state index in [0.29, 0.717) is 31.7 Å². The zero-order valence-corrected chi connectivity index (χ0v) is 16.6. The molecule has 0 N–H and O–H groups in total. The largest absolute Gasteiger partial charge is 0.335 e. The fraction of sp³-hybridized carbons (Fsp3) is 0.217. The summed E-state index contributed by atoms with van der Waals surface area (Å²) in [7, 11) is 0. The van der Waals surface area contributed by atoms with Gasteiger partial charge in [-0.2, -0.15) is 0 Å². The molecule has 2 heterocycles. The lowest BCUT2D eigenvalue weighted by Gasteiger charge is -2.34. The third-order valence-electron chi connectivity index (χ3n) is 5.10. The van der Waals surface area contributed by atoms with Crippen molar-refractivity contribution in [3.63, 3.8) is 0 Å². The Morgan fingerprint density at radius 3 is 2.04 bits per heavy atom. The molecule has 5 heteroatoms. The molecule has 1 aliphatic heterocycles. The van der Waals surface area contributed by atoms with Crippen molar-refractivity contribution in [3.05, 3.63) is 82.0 Å². The summed E-state index contributed by atoms with van der Waals surface area (Å²) in [5.41, 5.74) is 3.94. The minimum absolute atomic E-state index is 0.0316. The Balaban J connectivity index is 1.45. The van der Waals surface area contributed by atoms with Crippen molar-refractivity contribution in [3.8, 4) is 11.1 Å². The molecule has 142 valence electrons. The smallest absolute Gasteiger partial charge is 0.264 e. The second kappa shape index (κ2) is 7.98. The summed E-state index contributed by atoms with van der Waals surface area (Å²) in [6.07, 6.45) is 0. The average Bonchev–Trinajstić information content (AvgIpc) is 3.24. The lowest BCUT2D eigenvalue weighted by Crippen LogP contribution is -2.50. The van der Waals surface area contributed by atoms with Crippen LogP contribution in [0, 0.1) is 6.92 Å². The van der Waals surface area contributed by atoms with Crippen molar-refractivity contribution >= 4 is 23.2 Å². The Bertz CT molecular complexity index is 971. The van der Waals surface area contributed by atoms with Gasteiger partial charge in [0.05, 0.1) is 4.88 Å². The fourth-order valence-electron chi connectivity index (χ4n) is 3.45. The van der Waals surface area contributed by atoms with E-state index in [-0.39, 0.29) is 11.8 Å². The molecular formula is C23H22N2O2S. The first-order valence-corrected chi connectivity index (χ1v) is 10.3. The molecule has 0 bridgehead atoms. The highest BCUT2D eigenvalue weighted by atomic mass is 32.1. The number of carbonyl (C=O) groups is 2. The standard InChI is InChI=1S/C23H22N2O2S/c1-17-7-9-18(10-8-17)20-11-16-28-21(20)23(27)25-14-12-24(13-15-25)22(26)19-5-3-2-4-6-19/h2-11,16H,12-15H2,1H3. The van der Waals surface area contributed by atoms with Crippen LogP contribution < -0.4 is 0 Å². The summed E-state index contributed by atoms with van der Waals surface area (Å²) in [4.78, 5) is 30.2. The van der Waals surface area contributed by atoms with Crippen LogP contribution in [0.15, 0.2) is 66.0 Å². The number of carbonyl (C=O) groups excluding carboxylic acids is 2. The number of hydrogen-bond acceptors (Lipinski definition) is 3. The van der Waals surface area contributed by atoms with Crippen LogP contribution in [-0.4, -0.2) is 47.8 Å². The normalized spacial score (nSPS) is 14.2. The molecule has 3 aromatic rings. The van der Waals surface area contributed by atoms with Crippen LogP contribution in [0.2, 0.25) is 0 Å². The van der Waals surface area contributed by atoms with Gasteiger partial charge in [-0.25, -0.2) is 0 Å². The second-order valence-corrected chi connectivity index (χ2v) is 7.90. The van der Waals surface area contributed by atoms with Crippen LogP contribution >= 0.6 is 11.3 Å². The third-order valence-corrected chi connectivity index (χ3v) is 6.00. The van der Waals surface area contributed by atoms with Gasteiger partial charge in [0, 0.05) is 37.3 Å². The quantitative estimate of drug-likeness (QED) is 0.668. The molecule has 1 fully saturated rings. The van der Waals surface area contributed by atoms with Crippen molar-refractivity contribution in [2.75, 3.05) is 26.2 Å². The van der Waals surface area contributed by atoms with Gasteiger partial charge in [0.15, 0.2) is 0 Å². The SMILES string of the molecule is Cc1ccc(-c2ccsc2C(=O)N2CCN(C(=O)c3ccccc3)CC2)cc1. The van der Waals surface area contributed by atoms with Crippen LogP contribution in [0.1, 0.15) is 25.6 Å². The number of piperazine rings is 1. The average molecular weight is 391 g/mol. The molecule has 0 unspecified atom stereocenters. The van der Waals surface area contributed by atoms with Crippen molar-refractivity contribution in [2.24, 2.45) is 0 Å². The number of rotatable bonds is 3. The van der Waals surface area contributed by atoms with E-state index in [1.807, 2.05) is 51.6 Å². The molecule has 2 aromatic carbocycles. The number of amides is 2. The molecule has 0 radical (unpaired) electrons. The first-order valence-electron chi connectivity index (χ1n) is 9.41. The second-order valence-electron chi connectivity index (χ2n) is 6.98. The lowest BCUT2D eigenvalue weighted by atomic mass is 10.0. The zero-order chi connectivity index (χ0) is 19.5. The molecule has 1 aliphatic rings. The predicted molar refractivity (Wildman–Crippen MR) is 113 cm³/mol. The molecule has 2 amide bonds. The molecule has 0 atom stereocenters. The fourth-order valence-corrected chi connectivity index (χ4v) is 4.34. The minimum atomic E-state index is 0.0316. The van der Waals surface area contributed by atoms with Crippen LogP contribution in [0.3, 0.4) is 0 Å². The van der Waals surface area contributed by atoms with Gasteiger partial charge in [0.1, 0.15) is 0 Å². The number of benzene rings is 2. The number of hydrogen-bond donors (Lipinski definition) is 0. The Labute approximate surface area is 169 Å². The van der Waals surface area contributed by atoms with Crippen LogP contribution in [0.25, 0.3) is 11.1 Å². The van der Waals surface area contributed by atoms with Crippen LogP contribution in [-0.2, 0) is 0 Å². The topological polar surface area (TPSA) is 40.6 Å². The lowest BCUT2D eigenvalue weighted by molar-refractivity contribution is 0.0538. The van der Waals surface area contributed by atoms with Gasteiger partial charge in [0.25, 0.3) is 11.8 Å². The van der Waals surface area contributed by atoms with E-state index in [1.54, 1.807) is 0 Å². The minimum Gasteiger partial charge on any atom is -0.335 e. The Morgan fingerprint density at radius 2 is 1.39 bits per heavy atom. The summed E-state index contributed by atoms with van der Waals surface area (Å²) in [6, 6.07) is 19.6. The first kappa shape index (κ1) is 18.4. The van der Waals surface area contributed by atoms with Crippen molar-refractivity contribution < 1.29 is 9.59 Å². The van der Waals surface area contributed by atoms with E-state index in [9.17, 15) is 9.59 Å². The van der Waals surface area contributed by atoms with Gasteiger partial charge >= 0.3 is 0 Å². The zero-order valence-electron chi connectivity index (χ0n) is 15.8. The van der Waals surface area contributed by atoms with Crippen LogP contribution in [0.5, 0.6) is 0 Å². The molecule has 1 saturated heterocycles. The molecule has 0 saturated carbocycles. The highest BCUT2D eigenvalue weighted by molar-refractivity contribution is 7.12. The van der Waals surface area contributed by atoms with E-state index < -0.39 is 0 Å². The molecule has 28 heavy (non-hydrogen) atoms. The molecule has 4 rings (SSSR count). The number of nitrogens with zero attached hydrogens (tertiary/aromatic N) is 2. The summed E-state index contributed by atoms with van der Waals surface area (Å²) in [5.74, 6) is 0.0848. The summed E-state index contributed by atoms with van der Waals surface area (Å²) < 4.78 is 0. The van der Waals surface area contributed by atoms with Crippen LogP contribution in [0.4, 0.5) is 0 Å². The van der Waals surface area contributed by atoms with E-state index in [4.69, 9.17) is 0 Å². The molecule has 0 spiro atoms. The molecule has 1 aromatic heterocycles. The van der Waals surface area contributed by atoms with Gasteiger partial charge < -0.3 is 9.80 Å². The number of thiophene rings is 1. The van der Waals surface area contributed by atoms with Gasteiger partial charge in [-0.05, 0) is 36.1 Å². The Hall–Kier alpha value is -2.92. The maximum Gasteiger partial charge on any atom is 0.264 e. The highest BCUT2D eigenvalue weighted by Crippen LogP contribution is 2.30. The summed E-state index contributed by atoms with van der Waals surface area (Å²) >= 11 is 1.48. The predicted octanol–water partition coefficient (Wildman–Crippen LogP) is 4.32. The molecular weight excluding hydrogens is 368 g/mol. The maximum absolute atomic E-state index is 13.1. The van der Waals surface area contributed by atoms with E-state index in [1.165, 1.54) is 16.9 Å². The van der Waals surface area contributed by atoms with E-state index in [2.05, 4.69) is 31.2 Å². The molecule has 0 aliphatic carbocycles. The monoisotopic (exact) mass is 390 g/mol. The van der Waals surface area contributed by atoms with Crippen molar-refractivity contribution in [2.45, 2.75) is 6.92 Å². The number of aryl methyl sites for hydroxylation is 1. The third kappa shape index (κ3) is 3.71. The van der Waals surface area contributed by atoms with Crippen molar-refractivity contribution in [1.82, 2.24) is 9.80 Å². The van der Waals surface area contributed by atoms with Crippen molar-refractivity contribution in [1.29, 1.82) is 0 Å². The summed E-state index contributed by atoms with van der Waals surface area (Å²) in [5, 5.41) is 1.97. The van der Waals surface area contributed by atoms with Gasteiger partial charge in [-0.15, -0.1) is 11.3 Å². The Kier molecular flexibility index (Phi) is 5.26. The van der Waals surface area contributed by atoms with E-state index in [0.717, 1.165) is 16.0 Å². The van der Waals surface area contributed by atoms with Gasteiger partial charge in [-0.1, -0.05) is 48.0 Å². The van der Waals surface area contributed by atoms with Gasteiger partial charge in [0.2, 0.25) is 0 Å². The van der Waals surface area contributed by atoms with Gasteiger partial charge in [-0.3, -0.25) is 9.59 Å². The van der Waals surface area contributed by atoms with E-state index >= 15 is 0 Å². The first-order chi connectivity index (χ1) is 13.6.